The molecule has 0 radical (unpaired) electrons. The first-order valence-electron chi connectivity index (χ1n) is 4.66. The second kappa shape index (κ2) is 4.92. The molecule has 0 aliphatic heterocycles. The van der Waals surface area contributed by atoms with E-state index in [9.17, 15) is 14.5 Å². The van der Waals surface area contributed by atoms with Crippen LogP contribution < -0.4 is 4.74 Å². The summed E-state index contributed by atoms with van der Waals surface area (Å²) in [7, 11) is 0. The van der Waals surface area contributed by atoms with Crippen LogP contribution in [0.1, 0.15) is 0 Å². The Kier molecular flexibility index (Phi) is 3.33. The van der Waals surface area contributed by atoms with Gasteiger partial charge in [-0.2, -0.15) is 0 Å². The third-order valence-corrected chi connectivity index (χ3v) is 2.21. The summed E-state index contributed by atoms with van der Waals surface area (Å²) < 4.78 is 18.1. The van der Waals surface area contributed by atoms with Crippen LogP contribution in [0.3, 0.4) is 0 Å². The molecule has 0 bridgehead atoms. The highest BCUT2D eigenvalue weighted by Gasteiger charge is 2.18. The number of rotatable bonds is 3. The van der Waals surface area contributed by atoms with Gasteiger partial charge in [0.1, 0.15) is 5.82 Å². The summed E-state index contributed by atoms with van der Waals surface area (Å²) in [5.41, 5.74) is -0.517. The predicted octanol–water partition coefficient (Wildman–Crippen LogP) is 2.97. The van der Waals surface area contributed by atoms with Gasteiger partial charge in [-0.3, -0.25) is 10.1 Å². The van der Waals surface area contributed by atoms with Gasteiger partial charge >= 0.3 is 5.69 Å². The van der Waals surface area contributed by atoms with Gasteiger partial charge in [-0.1, -0.05) is 11.6 Å². The zero-order valence-corrected chi connectivity index (χ0v) is 9.46. The molecule has 2 rings (SSSR count). The summed E-state index contributed by atoms with van der Waals surface area (Å²) in [4.78, 5) is 17.4. The van der Waals surface area contributed by atoms with Crippen molar-refractivity contribution in [3.63, 3.8) is 0 Å². The van der Waals surface area contributed by atoms with E-state index in [1.165, 1.54) is 12.4 Å². The Bertz CT molecular complexity index is 609. The van der Waals surface area contributed by atoms with Crippen molar-refractivity contribution in [1.29, 1.82) is 0 Å². The number of ether oxygens (including phenoxy) is 1. The molecule has 0 saturated carbocycles. The molecule has 92 valence electrons. The van der Waals surface area contributed by atoms with Crippen LogP contribution in [0.5, 0.6) is 11.6 Å². The van der Waals surface area contributed by atoms with Crippen molar-refractivity contribution in [3.8, 4) is 11.6 Å². The summed E-state index contributed by atoms with van der Waals surface area (Å²) in [5, 5.41) is 10.7. The number of hydrogen-bond donors (Lipinski definition) is 0. The van der Waals surface area contributed by atoms with E-state index in [1.807, 2.05) is 0 Å². The minimum atomic E-state index is -0.761. The molecular weight excluding hydrogens is 265 g/mol. The fraction of sp³-hybridized carbons (Fsp3) is 0. The maximum atomic E-state index is 12.9. The van der Waals surface area contributed by atoms with Gasteiger partial charge in [0, 0.05) is 12.4 Å². The van der Waals surface area contributed by atoms with Gasteiger partial charge in [-0.05, 0) is 12.1 Å². The van der Waals surface area contributed by atoms with Crippen molar-refractivity contribution in [3.05, 3.63) is 51.7 Å². The summed E-state index contributed by atoms with van der Waals surface area (Å²) in [6.45, 7) is 0. The molecule has 1 aromatic heterocycles. The Morgan fingerprint density at radius 3 is 2.72 bits per heavy atom. The van der Waals surface area contributed by atoms with E-state index in [2.05, 4.69) is 9.97 Å². The predicted molar refractivity (Wildman–Crippen MR) is 60.2 cm³/mol. The number of aromatic nitrogens is 2. The van der Waals surface area contributed by atoms with Crippen LogP contribution in [0.2, 0.25) is 5.15 Å². The summed E-state index contributed by atoms with van der Waals surface area (Å²) in [5.74, 6) is -0.989. The number of hydrogen-bond acceptors (Lipinski definition) is 5. The number of benzene rings is 1. The summed E-state index contributed by atoms with van der Waals surface area (Å²) >= 11 is 5.69. The van der Waals surface area contributed by atoms with Gasteiger partial charge in [0.25, 0.3) is 5.88 Å². The monoisotopic (exact) mass is 269 g/mol. The molecule has 0 saturated heterocycles. The van der Waals surface area contributed by atoms with Crippen LogP contribution in [0.4, 0.5) is 10.1 Å². The van der Waals surface area contributed by atoms with Crippen molar-refractivity contribution < 1.29 is 14.1 Å². The van der Waals surface area contributed by atoms with E-state index in [1.54, 1.807) is 0 Å². The van der Waals surface area contributed by atoms with Crippen molar-refractivity contribution >= 4 is 17.3 Å². The maximum absolute atomic E-state index is 12.9. The second-order valence-corrected chi connectivity index (χ2v) is 3.48. The second-order valence-electron chi connectivity index (χ2n) is 3.12. The lowest BCUT2D eigenvalue weighted by molar-refractivity contribution is -0.385. The molecule has 18 heavy (non-hydrogen) atoms. The molecule has 0 amide bonds. The molecule has 0 atom stereocenters. The zero-order chi connectivity index (χ0) is 13.1. The summed E-state index contributed by atoms with van der Waals surface area (Å²) in [6.07, 6.45) is 2.66. The number of nitro groups is 1. The van der Waals surface area contributed by atoms with Gasteiger partial charge in [0.15, 0.2) is 5.15 Å². The quantitative estimate of drug-likeness (QED) is 0.632. The third kappa shape index (κ3) is 2.51. The molecule has 2 aromatic rings. The topological polar surface area (TPSA) is 78.2 Å². The van der Waals surface area contributed by atoms with E-state index < -0.39 is 16.4 Å². The minimum Gasteiger partial charge on any atom is -0.429 e. The van der Waals surface area contributed by atoms with Gasteiger partial charge in [-0.15, -0.1) is 0 Å². The first-order valence-corrected chi connectivity index (χ1v) is 5.04. The molecule has 0 aliphatic rings. The number of nitrogens with zero attached hydrogens (tertiary/aromatic N) is 3. The molecule has 0 aliphatic carbocycles. The fourth-order valence-electron chi connectivity index (χ4n) is 1.20. The molecule has 1 aromatic carbocycles. The lowest BCUT2D eigenvalue weighted by Gasteiger charge is -2.05. The van der Waals surface area contributed by atoms with Crippen molar-refractivity contribution in [2.45, 2.75) is 0 Å². The van der Waals surface area contributed by atoms with E-state index in [0.29, 0.717) is 0 Å². The van der Waals surface area contributed by atoms with E-state index in [4.69, 9.17) is 16.3 Å². The smallest absolute Gasteiger partial charge is 0.314 e. The SMILES string of the molecule is O=[N+]([O-])c1cc(F)ccc1Oc1nccnc1Cl. The third-order valence-electron chi connectivity index (χ3n) is 1.95. The molecule has 0 fully saturated rings. The Morgan fingerprint density at radius 2 is 2.06 bits per heavy atom. The molecule has 0 unspecified atom stereocenters. The molecule has 1 heterocycles. The van der Waals surface area contributed by atoms with E-state index in [-0.39, 0.29) is 16.8 Å². The van der Waals surface area contributed by atoms with Crippen molar-refractivity contribution in [2.24, 2.45) is 0 Å². The number of halogens is 2. The van der Waals surface area contributed by atoms with Gasteiger partial charge in [0.05, 0.1) is 11.0 Å². The maximum Gasteiger partial charge on any atom is 0.314 e. The Balaban J connectivity index is 2.41. The lowest BCUT2D eigenvalue weighted by Crippen LogP contribution is -1.96. The highest BCUT2D eigenvalue weighted by Crippen LogP contribution is 2.32. The van der Waals surface area contributed by atoms with Crippen LogP contribution in [-0.2, 0) is 0 Å². The van der Waals surface area contributed by atoms with Crippen LogP contribution in [-0.4, -0.2) is 14.9 Å². The first kappa shape index (κ1) is 12.2. The number of nitro benzene ring substituents is 1. The van der Waals surface area contributed by atoms with Crippen molar-refractivity contribution in [1.82, 2.24) is 9.97 Å². The average Bonchev–Trinajstić information content (AvgIpc) is 2.34. The first-order chi connectivity index (χ1) is 8.58. The molecule has 0 spiro atoms. The Labute approximate surface area is 105 Å². The van der Waals surface area contributed by atoms with Gasteiger partial charge < -0.3 is 4.74 Å². The van der Waals surface area contributed by atoms with Crippen LogP contribution in [0.15, 0.2) is 30.6 Å². The highest BCUT2D eigenvalue weighted by molar-refractivity contribution is 6.30. The largest absolute Gasteiger partial charge is 0.429 e. The normalized spacial score (nSPS) is 10.1. The summed E-state index contributed by atoms with van der Waals surface area (Å²) in [6, 6.07) is 2.91. The van der Waals surface area contributed by atoms with Crippen LogP contribution >= 0.6 is 11.6 Å². The standard InChI is InChI=1S/C10H5ClFN3O3/c11-9-10(14-4-3-13-9)18-8-2-1-6(12)5-7(8)15(16)17/h1-5H. The van der Waals surface area contributed by atoms with Crippen molar-refractivity contribution in [2.75, 3.05) is 0 Å². The molecule has 0 N–H and O–H groups in total. The van der Waals surface area contributed by atoms with Gasteiger partial charge in [0.2, 0.25) is 5.75 Å². The molecule has 8 heteroatoms. The highest BCUT2D eigenvalue weighted by atomic mass is 35.5. The minimum absolute atomic E-state index is 0.0453. The molecule has 6 nitrogen and oxygen atoms in total. The van der Waals surface area contributed by atoms with Gasteiger partial charge in [-0.25, -0.2) is 14.4 Å². The van der Waals surface area contributed by atoms with Crippen LogP contribution in [0.25, 0.3) is 0 Å². The zero-order valence-electron chi connectivity index (χ0n) is 8.71. The van der Waals surface area contributed by atoms with Crippen LogP contribution in [0, 0.1) is 15.9 Å². The average molecular weight is 270 g/mol. The lowest BCUT2D eigenvalue weighted by atomic mass is 10.3. The fourth-order valence-corrected chi connectivity index (χ4v) is 1.34. The molecular formula is C10H5ClFN3O3. The Morgan fingerprint density at radius 1 is 1.33 bits per heavy atom. The van der Waals surface area contributed by atoms with E-state index in [0.717, 1.165) is 18.2 Å². The Hall–Kier alpha value is -2.28. The van der Waals surface area contributed by atoms with E-state index >= 15 is 0 Å².